The zero-order valence-corrected chi connectivity index (χ0v) is 9.50. The van der Waals surface area contributed by atoms with E-state index in [-0.39, 0.29) is 5.60 Å². The quantitative estimate of drug-likeness (QED) is 0.732. The van der Waals surface area contributed by atoms with Crippen LogP contribution in [0, 0.1) is 5.92 Å². The summed E-state index contributed by atoms with van der Waals surface area (Å²) in [6.07, 6.45) is 7.47. The van der Waals surface area contributed by atoms with Gasteiger partial charge in [-0.05, 0) is 32.7 Å². The number of aliphatic hydroxyl groups is 1. The van der Waals surface area contributed by atoms with E-state index in [0.29, 0.717) is 6.04 Å². The number of nitrogens with zero attached hydrogens (tertiary/aromatic N) is 1. The van der Waals surface area contributed by atoms with Gasteiger partial charge < -0.3 is 10.0 Å². The topological polar surface area (TPSA) is 23.5 Å². The van der Waals surface area contributed by atoms with Crippen LogP contribution >= 0.6 is 0 Å². The standard InChI is InChI=1S/C12H23NO/c1-10-7-12(14,9-13(10)2)8-11-5-3-4-6-11/h10-11,14H,3-9H2,1-2H3. The Hall–Kier alpha value is -0.0800. The lowest BCUT2D eigenvalue weighted by Gasteiger charge is -2.25. The summed E-state index contributed by atoms with van der Waals surface area (Å²) in [5.74, 6) is 0.804. The highest BCUT2D eigenvalue weighted by Gasteiger charge is 2.40. The van der Waals surface area contributed by atoms with Crippen LogP contribution in [-0.2, 0) is 0 Å². The maximum atomic E-state index is 10.5. The van der Waals surface area contributed by atoms with Crippen LogP contribution in [0.3, 0.4) is 0 Å². The van der Waals surface area contributed by atoms with Crippen molar-refractivity contribution in [2.45, 2.75) is 57.1 Å². The van der Waals surface area contributed by atoms with Crippen LogP contribution in [0.4, 0.5) is 0 Å². The third kappa shape index (κ3) is 2.12. The van der Waals surface area contributed by atoms with Gasteiger partial charge in [0.1, 0.15) is 0 Å². The molecule has 1 heterocycles. The van der Waals surface area contributed by atoms with Gasteiger partial charge >= 0.3 is 0 Å². The maximum Gasteiger partial charge on any atom is 0.0791 e. The van der Waals surface area contributed by atoms with Crippen LogP contribution < -0.4 is 0 Å². The van der Waals surface area contributed by atoms with Crippen LogP contribution in [0.25, 0.3) is 0 Å². The minimum absolute atomic E-state index is 0.372. The molecule has 2 atom stereocenters. The molecule has 1 saturated carbocycles. The molecule has 1 aliphatic heterocycles. The van der Waals surface area contributed by atoms with Crippen molar-refractivity contribution in [1.29, 1.82) is 0 Å². The molecule has 2 aliphatic rings. The lowest BCUT2D eigenvalue weighted by atomic mass is 9.88. The number of β-amino-alcohol motifs (C(OH)–C–C–N with tert-alkyl or cyclic N) is 1. The first-order chi connectivity index (χ1) is 6.59. The summed E-state index contributed by atoms with van der Waals surface area (Å²) in [5.41, 5.74) is -0.372. The van der Waals surface area contributed by atoms with Gasteiger partial charge in [0.2, 0.25) is 0 Å². The molecule has 0 aromatic carbocycles. The average molecular weight is 197 g/mol. The number of rotatable bonds is 2. The minimum Gasteiger partial charge on any atom is -0.388 e. The molecule has 2 rings (SSSR count). The Morgan fingerprint density at radius 3 is 2.50 bits per heavy atom. The average Bonchev–Trinajstić information content (AvgIpc) is 2.62. The highest BCUT2D eigenvalue weighted by molar-refractivity contribution is 4.95. The van der Waals surface area contributed by atoms with Gasteiger partial charge in [-0.25, -0.2) is 0 Å². The number of hydrogen-bond donors (Lipinski definition) is 1. The molecule has 0 aromatic rings. The van der Waals surface area contributed by atoms with Crippen molar-refractivity contribution in [3.05, 3.63) is 0 Å². The molecule has 82 valence electrons. The molecule has 1 aliphatic carbocycles. The lowest BCUT2D eigenvalue weighted by Crippen LogP contribution is -2.33. The van der Waals surface area contributed by atoms with Gasteiger partial charge in [-0.3, -0.25) is 0 Å². The lowest BCUT2D eigenvalue weighted by molar-refractivity contribution is 0.0271. The molecule has 2 nitrogen and oxygen atoms in total. The number of likely N-dealkylation sites (tertiary alicyclic amines) is 1. The highest BCUT2D eigenvalue weighted by atomic mass is 16.3. The molecule has 2 heteroatoms. The zero-order chi connectivity index (χ0) is 10.2. The molecule has 1 saturated heterocycles. The fourth-order valence-corrected chi connectivity index (χ4v) is 3.29. The third-order valence-electron chi connectivity index (χ3n) is 4.11. The van der Waals surface area contributed by atoms with Crippen molar-refractivity contribution in [2.24, 2.45) is 5.92 Å². The van der Waals surface area contributed by atoms with E-state index in [2.05, 4.69) is 18.9 Å². The van der Waals surface area contributed by atoms with Gasteiger partial charge in [0.25, 0.3) is 0 Å². The van der Waals surface area contributed by atoms with Gasteiger partial charge in [-0.2, -0.15) is 0 Å². The van der Waals surface area contributed by atoms with E-state index in [4.69, 9.17) is 0 Å². The van der Waals surface area contributed by atoms with E-state index < -0.39 is 0 Å². The normalized spacial score (nSPS) is 40.9. The van der Waals surface area contributed by atoms with Crippen molar-refractivity contribution in [3.8, 4) is 0 Å². The van der Waals surface area contributed by atoms with Crippen LogP contribution in [0.1, 0.15) is 45.4 Å². The molecule has 14 heavy (non-hydrogen) atoms. The Labute approximate surface area is 87.3 Å². The third-order valence-corrected chi connectivity index (χ3v) is 4.11. The fraction of sp³-hybridized carbons (Fsp3) is 1.00. The summed E-state index contributed by atoms with van der Waals surface area (Å²) in [7, 11) is 2.12. The summed E-state index contributed by atoms with van der Waals surface area (Å²) in [4.78, 5) is 2.29. The van der Waals surface area contributed by atoms with Gasteiger partial charge in [-0.15, -0.1) is 0 Å². The van der Waals surface area contributed by atoms with E-state index in [1.807, 2.05) is 0 Å². The van der Waals surface area contributed by atoms with Crippen LogP contribution in [-0.4, -0.2) is 35.2 Å². The fourth-order valence-electron chi connectivity index (χ4n) is 3.29. The SMILES string of the molecule is CC1CC(O)(CC2CCCC2)CN1C. The van der Waals surface area contributed by atoms with Crippen molar-refractivity contribution in [2.75, 3.05) is 13.6 Å². The van der Waals surface area contributed by atoms with Crippen molar-refractivity contribution in [1.82, 2.24) is 4.90 Å². The minimum atomic E-state index is -0.372. The van der Waals surface area contributed by atoms with E-state index in [1.165, 1.54) is 25.7 Å². The summed E-state index contributed by atoms with van der Waals surface area (Å²) < 4.78 is 0. The molecular formula is C12H23NO. The Morgan fingerprint density at radius 2 is 2.00 bits per heavy atom. The Bertz CT molecular complexity index is 188. The number of likely N-dealkylation sites (N-methyl/N-ethyl adjacent to an activating group) is 1. The second kappa shape index (κ2) is 3.82. The molecule has 0 spiro atoms. The van der Waals surface area contributed by atoms with Crippen molar-refractivity contribution in [3.63, 3.8) is 0 Å². The van der Waals surface area contributed by atoms with E-state index in [9.17, 15) is 5.11 Å². The molecule has 2 fully saturated rings. The molecule has 0 radical (unpaired) electrons. The predicted octanol–water partition coefficient (Wildman–Crippen LogP) is 2.02. The van der Waals surface area contributed by atoms with Gasteiger partial charge in [-0.1, -0.05) is 25.7 Å². The monoisotopic (exact) mass is 197 g/mol. The molecule has 1 N–H and O–H groups in total. The van der Waals surface area contributed by atoms with Gasteiger partial charge in [0, 0.05) is 12.6 Å². The van der Waals surface area contributed by atoms with Crippen molar-refractivity contribution < 1.29 is 5.11 Å². The van der Waals surface area contributed by atoms with Gasteiger partial charge in [0.15, 0.2) is 0 Å². The van der Waals surface area contributed by atoms with Crippen LogP contribution in [0.2, 0.25) is 0 Å². The molecule has 0 aromatic heterocycles. The molecule has 0 bridgehead atoms. The van der Waals surface area contributed by atoms with E-state index in [0.717, 1.165) is 25.3 Å². The summed E-state index contributed by atoms with van der Waals surface area (Å²) in [5, 5.41) is 10.5. The summed E-state index contributed by atoms with van der Waals surface area (Å²) in [6, 6.07) is 0.557. The smallest absolute Gasteiger partial charge is 0.0791 e. The first-order valence-electron chi connectivity index (χ1n) is 6.02. The van der Waals surface area contributed by atoms with Gasteiger partial charge in [0.05, 0.1) is 5.60 Å². The Balaban J connectivity index is 1.89. The largest absolute Gasteiger partial charge is 0.388 e. The zero-order valence-electron chi connectivity index (χ0n) is 9.50. The Morgan fingerprint density at radius 1 is 1.36 bits per heavy atom. The number of hydrogen-bond acceptors (Lipinski definition) is 2. The maximum absolute atomic E-state index is 10.5. The highest BCUT2D eigenvalue weighted by Crippen LogP contribution is 2.37. The Kier molecular flexibility index (Phi) is 2.85. The summed E-state index contributed by atoms with van der Waals surface area (Å²) >= 11 is 0. The molecule has 2 unspecified atom stereocenters. The first kappa shape index (κ1) is 10.4. The second-order valence-corrected chi connectivity index (χ2v) is 5.55. The van der Waals surface area contributed by atoms with E-state index >= 15 is 0 Å². The van der Waals surface area contributed by atoms with Crippen molar-refractivity contribution >= 4 is 0 Å². The van der Waals surface area contributed by atoms with Crippen LogP contribution in [0.15, 0.2) is 0 Å². The summed E-state index contributed by atoms with van der Waals surface area (Å²) in [6.45, 7) is 3.09. The van der Waals surface area contributed by atoms with E-state index in [1.54, 1.807) is 0 Å². The predicted molar refractivity (Wildman–Crippen MR) is 58.2 cm³/mol. The van der Waals surface area contributed by atoms with Crippen LogP contribution in [0.5, 0.6) is 0 Å². The first-order valence-corrected chi connectivity index (χ1v) is 6.02. The molecule has 0 amide bonds. The molecular weight excluding hydrogens is 174 g/mol. The second-order valence-electron chi connectivity index (χ2n) is 5.55.